The van der Waals surface area contributed by atoms with Crippen LogP contribution in [0.5, 0.6) is 0 Å². The first-order valence-corrected chi connectivity index (χ1v) is 8.08. The van der Waals surface area contributed by atoms with Gasteiger partial charge >= 0.3 is 0 Å². The molecule has 1 saturated heterocycles. The summed E-state index contributed by atoms with van der Waals surface area (Å²) in [6.07, 6.45) is 2.76. The lowest BCUT2D eigenvalue weighted by atomic mass is 10.2. The van der Waals surface area contributed by atoms with Crippen LogP contribution < -0.4 is 9.62 Å². The SMILES string of the molecule is O=C(NC1CC1)c1ccc(N2CCCS2(=O)=O)cc1. The van der Waals surface area contributed by atoms with E-state index in [1.807, 2.05) is 0 Å². The van der Waals surface area contributed by atoms with E-state index in [1.54, 1.807) is 24.3 Å². The van der Waals surface area contributed by atoms with E-state index in [9.17, 15) is 13.2 Å². The van der Waals surface area contributed by atoms with Gasteiger partial charge < -0.3 is 5.32 Å². The minimum Gasteiger partial charge on any atom is -0.349 e. The minimum atomic E-state index is -3.15. The molecule has 1 aliphatic carbocycles. The second-order valence-corrected chi connectivity index (χ2v) is 7.05. The monoisotopic (exact) mass is 280 g/mol. The lowest BCUT2D eigenvalue weighted by Gasteiger charge is -2.17. The molecule has 2 fully saturated rings. The summed E-state index contributed by atoms with van der Waals surface area (Å²) in [6.45, 7) is 0.524. The number of nitrogens with one attached hydrogen (secondary N) is 1. The predicted molar refractivity (Wildman–Crippen MR) is 72.7 cm³/mol. The summed E-state index contributed by atoms with van der Waals surface area (Å²) in [5, 5.41) is 2.90. The molecule has 0 bridgehead atoms. The Morgan fingerprint density at radius 1 is 1.21 bits per heavy atom. The second kappa shape index (κ2) is 4.52. The highest BCUT2D eigenvalue weighted by Gasteiger charge is 2.28. The first kappa shape index (κ1) is 12.5. The Hall–Kier alpha value is -1.56. The molecule has 1 aromatic carbocycles. The molecule has 1 heterocycles. The van der Waals surface area contributed by atoms with Gasteiger partial charge in [0.05, 0.1) is 11.4 Å². The number of amides is 1. The molecule has 1 aromatic rings. The first-order valence-electron chi connectivity index (χ1n) is 6.48. The molecule has 1 saturated carbocycles. The fourth-order valence-corrected chi connectivity index (χ4v) is 3.77. The van der Waals surface area contributed by atoms with Crippen molar-refractivity contribution in [1.29, 1.82) is 0 Å². The number of benzene rings is 1. The molecule has 3 rings (SSSR count). The van der Waals surface area contributed by atoms with E-state index in [4.69, 9.17) is 0 Å². The molecule has 0 spiro atoms. The van der Waals surface area contributed by atoms with Gasteiger partial charge in [-0.3, -0.25) is 9.10 Å². The van der Waals surface area contributed by atoms with E-state index in [0.29, 0.717) is 30.3 Å². The van der Waals surface area contributed by atoms with Crippen molar-refractivity contribution in [2.45, 2.75) is 25.3 Å². The van der Waals surface area contributed by atoms with Gasteiger partial charge in [-0.2, -0.15) is 0 Å². The highest BCUT2D eigenvalue weighted by atomic mass is 32.2. The highest BCUT2D eigenvalue weighted by Crippen LogP contribution is 2.24. The molecule has 0 unspecified atom stereocenters. The third-order valence-electron chi connectivity index (χ3n) is 3.43. The molecule has 6 heteroatoms. The van der Waals surface area contributed by atoms with Crippen LogP contribution in [0.2, 0.25) is 0 Å². The summed E-state index contributed by atoms with van der Waals surface area (Å²) < 4.78 is 25.0. The molecule has 0 radical (unpaired) electrons. The number of nitrogens with zero attached hydrogens (tertiary/aromatic N) is 1. The van der Waals surface area contributed by atoms with Gasteiger partial charge in [0, 0.05) is 18.2 Å². The normalized spacial score (nSPS) is 21.4. The molecule has 0 aromatic heterocycles. The van der Waals surface area contributed by atoms with E-state index in [-0.39, 0.29) is 11.7 Å². The molecule has 1 amide bonds. The maximum Gasteiger partial charge on any atom is 0.251 e. The van der Waals surface area contributed by atoms with E-state index in [2.05, 4.69) is 5.32 Å². The van der Waals surface area contributed by atoms with Crippen molar-refractivity contribution in [3.63, 3.8) is 0 Å². The zero-order valence-electron chi connectivity index (χ0n) is 10.5. The van der Waals surface area contributed by atoms with Crippen molar-refractivity contribution in [2.75, 3.05) is 16.6 Å². The van der Waals surface area contributed by atoms with Crippen molar-refractivity contribution < 1.29 is 13.2 Å². The van der Waals surface area contributed by atoms with Gasteiger partial charge in [0.25, 0.3) is 5.91 Å². The van der Waals surface area contributed by atoms with Gasteiger partial charge in [-0.05, 0) is 43.5 Å². The Kier molecular flexibility index (Phi) is 2.97. The van der Waals surface area contributed by atoms with Crippen LogP contribution in [0, 0.1) is 0 Å². The third kappa shape index (κ3) is 2.58. The molecule has 1 aliphatic heterocycles. The summed E-state index contributed by atoms with van der Waals surface area (Å²) in [4.78, 5) is 11.8. The average molecular weight is 280 g/mol. The third-order valence-corrected chi connectivity index (χ3v) is 5.30. The predicted octanol–water partition coefficient (Wildman–Crippen LogP) is 1.12. The van der Waals surface area contributed by atoms with E-state index in [0.717, 1.165) is 12.8 Å². The molecule has 102 valence electrons. The highest BCUT2D eigenvalue weighted by molar-refractivity contribution is 7.93. The van der Waals surface area contributed by atoms with Crippen molar-refractivity contribution in [3.8, 4) is 0 Å². The van der Waals surface area contributed by atoms with Crippen molar-refractivity contribution >= 4 is 21.6 Å². The minimum absolute atomic E-state index is 0.0849. The Bertz CT molecular complexity index is 591. The maximum atomic E-state index is 11.8. The van der Waals surface area contributed by atoms with Crippen molar-refractivity contribution in [1.82, 2.24) is 5.32 Å². The van der Waals surface area contributed by atoms with Gasteiger partial charge in [-0.1, -0.05) is 0 Å². The van der Waals surface area contributed by atoms with Crippen LogP contribution in [0.1, 0.15) is 29.6 Å². The summed E-state index contributed by atoms with van der Waals surface area (Å²) >= 11 is 0. The lowest BCUT2D eigenvalue weighted by Crippen LogP contribution is -2.26. The maximum absolute atomic E-state index is 11.8. The van der Waals surface area contributed by atoms with Gasteiger partial charge in [0.2, 0.25) is 10.0 Å². The number of anilines is 1. The number of hydrogen-bond donors (Lipinski definition) is 1. The molecular weight excluding hydrogens is 264 g/mol. The molecule has 0 atom stereocenters. The smallest absolute Gasteiger partial charge is 0.251 e. The molecule has 1 N–H and O–H groups in total. The molecule has 2 aliphatic rings. The van der Waals surface area contributed by atoms with Crippen molar-refractivity contribution in [2.24, 2.45) is 0 Å². The molecule has 19 heavy (non-hydrogen) atoms. The quantitative estimate of drug-likeness (QED) is 0.902. The van der Waals surface area contributed by atoms with Crippen LogP contribution in [0.4, 0.5) is 5.69 Å². The largest absolute Gasteiger partial charge is 0.349 e. The number of sulfonamides is 1. The summed E-state index contributed by atoms with van der Waals surface area (Å²) in [6, 6.07) is 7.09. The number of hydrogen-bond acceptors (Lipinski definition) is 3. The summed E-state index contributed by atoms with van der Waals surface area (Å²) in [5.74, 6) is 0.120. The van der Waals surface area contributed by atoms with Gasteiger partial charge in [-0.25, -0.2) is 8.42 Å². The Morgan fingerprint density at radius 3 is 2.42 bits per heavy atom. The van der Waals surface area contributed by atoms with Crippen LogP contribution in [0.15, 0.2) is 24.3 Å². The van der Waals surface area contributed by atoms with Crippen LogP contribution in [-0.2, 0) is 10.0 Å². The fourth-order valence-electron chi connectivity index (χ4n) is 2.21. The first-order chi connectivity index (χ1) is 9.06. The summed E-state index contributed by atoms with van der Waals surface area (Å²) in [5.41, 5.74) is 1.22. The van der Waals surface area contributed by atoms with Gasteiger partial charge in [0.1, 0.15) is 0 Å². The Balaban J connectivity index is 1.76. The molecular formula is C13H16N2O3S. The topological polar surface area (TPSA) is 66.5 Å². The fraction of sp³-hybridized carbons (Fsp3) is 0.462. The average Bonchev–Trinajstić information content (AvgIpc) is 3.12. The second-order valence-electron chi connectivity index (χ2n) is 5.04. The van der Waals surface area contributed by atoms with Gasteiger partial charge in [-0.15, -0.1) is 0 Å². The number of carbonyl (C=O) groups is 1. The standard InChI is InChI=1S/C13H16N2O3S/c16-13(14-11-4-5-11)10-2-6-12(7-3-10)15-8-1-9-19(15,17)18/h2-3,6-7,11H,1,4-5,8-9H2,(H,14,16). The lowest BCUT2D eigenvalue weighted by molar-refractivity contribution is 0.0951. The summed E-state index contributed by atoms with van der Waals surface area (Å²) in [7, 11) is -3.15. The van der Waals surface area contributed by atoms with E-state index in [1.165, 1.54) is 4.31 Å². The van der Waals surface area contributed by atoms with Crippen LogP contribution in [0.3, 0.4) is 0 Å². The Labute approximate surface area is 112 Å². The van der Waals surface area contributed by atoms with Crippen LogP contribution in [-0.4, -0.2) is 32.7 Å². The zero-order chi connectivity index (χ0) is 13.5. The number of carbonyl (C=O) groups excluding carboxylic acids is 1. The van der Waals surface area contributed by atoms with E-state index < -0.39 is 10.0 Å². The van der Waals surface area contributed by atoms with Crippen LogP contribution >= 0.6 is 0 Å². The number of rotatable bonds is 3. The zero-order valence-corrected chi connectivity index (χ0v) is 11.3. The van der Waals surface area contributed by atoms with Crippen LogP contribution in [0.25, 0.3) is 0 Å². The van der Waals surface area contributed by atoms with Gasteiger partial charge in [0.15, 0.2) is 0 Å². The molecule has 5 nitrogen and oxygen atoms in total. The Morgan fingerprint density at radius 2 is 1.89 bits per heavy atom. The van der Waals surface area contributed by atoms with Crippen molar-refractivity contribution in [3.05, 3.63) is 29.8 Å². The van der Waals surface area contributed by atoms with E-state index >= 15 is 0 Å².